The predicted octanol–water partition coefficient (Wildman–Crippen LogP) is 20.6. The summed E-state index contributed by atoms with van der Waals surface area (Å²) in [6, 6.07) is 91.9. The molecule has 0 bridgehead atoms. The molecule has 0 aliphatic carbocycles. The monoisotopic (exact) mass is 1160 g/mol. The van der Waals surface area contributed by atoms with Crippen LogP contribution in [0.1, 0.15) is 5.56 Å². The van der Waals surface area contributed by atoms with Crippen LogP contribution in [-0.2, 0) is 0 Å². The number of rotatable bonds is 11. The molecule has 16 rings (SSSR count). The molecule has 0 radical (unpaired) electrons. The number of nitrogens with zero attached hydrogens (tertiary/aromatic N) is 7. The number of nitriles is 1. The Balaban J connectivity index is 0.903. The quantitative estimate of drug-likeness (QED) is 0.129. The molecular weight excluding hydrogens is 1110 g/mol. The van der Waals surface area contributed by atoms with Crippen LogP contribution < -0.4 is 0 Å². The molecule has 0 spiro atoms. The highest BCUT2D eigenvalue weighted by Gasteiger charge is 2.26. The summed E-state index contributed by atoms with van der Waals surface area (Å²) in [5.41, 5.74) is 19.3. The van der Waals surface area contributed by atoms with Crippen LogP contribution in [0.2, 0.25) is 0 Å². The van der Waals surface area contributed by atoms with Crippen molar-refractivity contribution in [2.24, 2.45) is 0 Å². The van der Waals surface area contributed by atoms with Crippen LogP contribution in [-0.4, -0.2) is 29.1 Å². The minimum Gasteiger partial charge on any atom is -0.309 e. The first kappa shape index (κ1) is 53.2. The fraction of sp³-hybridized carbons (Fsp3) is 0. The lowest BCUT2D eigenvalue weighted by Gasteiger charge is -2.19. The first-order valence-electron chi connectivity index (χ1n) is 29.7. The van der Waals surface area contributed by atoms with Gasteiger partial charge >= 0.3 is 0 Å². The summed E-state index contributed by atoms with van der Waals surface area (Å²) < 4.78 is 38.1. The van der Waals surface area contributed by atoms with Crippen molar-refractivity contribution >= 4 is 43.6 Å². The van der Waals surface area contributed by atoms with E-state index in [1.165, 1.54) is 18.2 Å². The molecule has 422 valence electrons. The van der Waals surface area contributed by atoms with Gasteiger partial charge in [0.25, 0.3) is 0 Å². The smallest absolute Gasteiger partial charge is 0.134 e. The second-order valence-electron chi connectivity index (χ2n) is 22.4. The highest BCUT2D eigenvalue weighted by atomic mass is 19.1. The molecule has 10 aromatic carbocycles. The van der Waals surface area contributed by atoms with Crippen molar-refractivity contribution in [2.75, 3.05) is 0 Å². The summed E-state index contributed by atoms with van der Waals surface area (Å²) in [6.45, 7) is 0. The van der Waals surface area contributed by atoms with Gasteiger partial charge in [-0.2, -0.15) is 5.26 Å². The first-order valence-corrected chi connectivity index (χ1v) is 29.7. The molecule has 0 amide bonds. The summed E-state index contributed by atoms with van der Waals surface area (Å²) in [4.78, 5) is 19.6. The lowest BCUT2D eigenvalue weighted by molar-refractivity contribution is 0.589. The van der Waals surface area contributed by atoms with Gasteiger partial charge < -0.3 is 9.13 Å². The minimum atomic E-state index is -0.745. The van der Waals surface area contributed by atoms with Gasteiger partial charge in [0.05, 0.1) is 67.3 Å². The topological polar surface area (TPSA) is 85.2 Å². The first-order chi connectivity index (χ1) is 44.4. The van der Waals surface area contributed by atoms with Crippen molar-refractivity contribution in [1.82, 2.24) is 29.1 Å². The number of halogens is 2. The van der Waals surface area contributed by atoms with E-state index < -0.39 is 11.6 Å². The predicted molar refractivity (Wildman–Crippen MR) is 360 cm³/mol. The van der Waals surface area contributed by atoms with Crippen molar-refractivity contribution in [2.45, 2.75) is 0 Å². The molecule has 90 heavy (non-hydrogen) atoms. The molecule has 0 saturated heterocycles. The summed E-state index contributed by atoms with van der Waals surface area (Å²) in [7, 11) is 0. The molecule has 16 aromatic rings. The number of aromatic nitrogens is 6. The average molecular weight is 1160 g/mol. The second kappa shape index (κ2) is 22.2. The summed E-state index contributed by atoms with van der Waals surface area (Å²) in [5, 5.41) is 15.2. The zero-order valence-electron chi connectivity index (χ0n) is 48.2. The Morgan fingerprint density at radius 1 is 0.278 bits per heavy atom. The van der Waals surface area contributed by atoms with Gasteiger partial charge in [-0.05, 0) is 119 Å². The summed E-state index contributed by atoms with van der Waals surface area (Å²) in [6.07, 6.45) is 7.57. The van der Waals surface area contributed by atoms with Crippen LogP contribution in [0, 0.1) is 23.0 Å². The van der Waals surface area contributed by atoms with Gasteiger partial charge in [0, 0.05) is 96.4 Å². The number of benzene rings is 10. The molecule has 0 saturated carbocycles. The molecule has 0 aliphatic rings. The Bertz CT molecular complexity index is 5150. The van der Waals surface area contributed by atoms with Crippen LogP contribution in [0.15, 0.2) is 298 Å². The van der Waals surface area contributed by atoms with E-state index in [1.54, 1.807) is 12.1 Å². The van der Waals surface area contributed by atoms with E-state index in [-0.39, 0.29) is 16.7 Å². The molecular formula is C81H49F2N7. The molecule has 0 N–H and O–H groups in total. The van der Waals surface area contributed by atoms with Crippen LogP contribution in [0.5, 0.6) is 0 Å². The van der Waals surface area contributed by atoms with Crippen molar-refractivity contribution in [3.05, 3.63) is 315 Å². The van der Waals surface area contributed by atoms with E-state index in [4.69, 9.17) is 19.9 Å². The van der Waals surface area contributed by atoms with Gasteiger partial charge in [0.1, 0.15) is 17.7 Å². The van der Waals surface area contributed by atoms with Gasteiger partial charge in [-0.25, -0.2) is 8.78 Å². The van der Waals surface area contributed by atoms with Gasteiger partial charge in [0.2, 0.25) is 0 Å². The van der Waals surface area contributed by atoms with Crippen LogP contribution in [0.25, 0.3) is 156 Å². The average Bonchev–Trinajstić information content (AvgIpc) is 1.58. The van der Waals surface area contributed by atoms with Gasteiger partial charge in [-0.1, -0.05) is 176 Å². The molecule has 0 fully saturated rings. The van der Waals surface area contributed by atoms with Crippen LogP contribution in [0.4, 0.5) is 8.78 Å². The zero-order valence-corrected chi connectivity index (χ0v) is 48.2. The van der Waals surface area contributed by atoms with Crippen molar-refractivity contribution in [3.8, 4) is 118 Å². The van der Waals surface area contributed by atoms with E-state index in [0.29, 0.717) is 11.4 Å². The molecule has 0 atom stereocenters. The maximum absolute atomic E-state index is 17.0. The molecule has 9 heteroatoms. The number of hydrogen-bond acceptors (Lipinski definition) is 5. The number of pyridine rings is 4. The van der Waals surface area contributed by atoms with Crippen molar-refractivity contribution in [3.63, 3.8) is 0 Å². The second-order valence-corrected chi connectivity index (χ2v) is 22.4. The molecule has 0 unspecified atom stereocenters. The molecule has 7 nitrogen and oxygen atoms in total. The Morgan fingerprint density at radius 2 is 0.578 bits per heavy atom. The third-order valence-electron chi connectivity index (χ3n) is 17.1. The Labute approximate surface area is 517 Å². The van der Waals surface area contributed by atoms with E-state index in [2.05, 4.69) is 95.6 Å². The molecule has 0 aliphatic heterocycles. The third kappa shape index (κ3) is 9.44. The Hall–Kier alpha value is -12.3. The highest BCUT2D eigenvalue weighted by molar-refractivity contribution is 6.14. The fourth-order valence-corrected chi connectivity index (χ4v) is 12.7. The maximum Gasteiger partial charge on any atom is 0.134 e. The van der Waals surface area contributed by atoms with Gasteiger partial charge in [-0.15, -0.1) is 0 Å². The minimum absolute atomic E-state index is 0.223. The van der Waals surface area contributed by atoms with Gasteiger partial charge in [0.15, 0.2) is 0 Å². The number of fused-ring (bicyclic) bond motifs is 6. The lowest BCUT2D eigenvalue weighted by Crippen LogP contribution is -2.05. The van der Waals surface area contributed by atoms with Gasteiger partial charge in [-0.3, -0.25) is 19.9 Å². The third-order valence-corrected chi connectivity index (χ3v) is 17.1. The molecule has 6 heterocycles. The standard InChI is InChI=1S/C81H49F2N7/c82-69-22-13-23-70(83)81(69)68-45-79(89-75-36-28-55(59-24-32-71(85-47-59)51-14-5-1-6-15-51)40-64(75)65-41-56(29-37-76(65)89)60-25-33-72(86-48-60)52-16-7-2-8-17-52)63(46-84)44-80(68)90-77-38-30-57(61-26-34-73(87-49-61)53-18-9-3-10-19-53)42-66(77)67-43-58(31-39-78(67)90)62-27-35-74(88-50-62)54-20-11-4-12-21-54/h1-45,47-50H. The normalized spacial score (nSPS) is 11.4. The maximum atomic E-state index is 17.0. The van der Waals surface area contributed by atoms with Crippen molar-refractivity contribution in [1.29, 1.82) is 5.26 Å². The zero-order chi connectivity index (χ0) is 60.2. The molecule has 6 aromatic heterocycles. The van der Waals surface area contributed by atoms with E-state index in [1.807, 2.05) is 187 Å². The largest absolute Gasteiger partial charge is 0.309 e. The number of hydrogen-bond donors (Lipinski definition) is 0. The SMILES string of the molecule is N#Cc1cc(-n2c3ccc(-c4ccc(-c5ccccc5)nc4)cc3c3cc(-c4ccc(-c5ccccc5)nc4)ccc32)c(-c2c(F)cccc2F)cc1-n1c2ccc(-c3ccc(-c4ccccc4)nc3)cc2c2cc(-c3ccc(-c4ccccc4)nc3)ccc21. The Morgan fingerprint density at radius 3 is 0.867 bits per heavy atom. The summed E-state index contributed by atoms with van der Waals surface area (Å²) in [5.74, 6) is -1.49. The summed E-state index contributed by atoms with van der Waals surface area (Å²) >= 11 is 0. The van der Waals surface area contributed by atoms with Crippen LogP contribution >= 0.6 is 0 Å². The van der Waals surface area contributed by atoms with E-state index >= 15 is 8.78 Å². The van der Waals surface area contributed by atoms with Crippen LogP contribution in [0.3, 0.4) is 0 Å². The van der Waals surface area contributed by atoms with Crippen molar-refractivity contribution < 1.29 is 8.78 Å². The Kier molecular flexibility index (Phi) is 13.2. The van der Waals surface area contributed by atoms with E-state index in [0.717, 1.165) is 133 Å². The van der Waals surface area contributed by atoms with E-state index in [9.17, 15) is 5.26 Å². The fourth-order valence-electron chi connectivity index (χ4n) is 12.7. The highest BCUT2D eigenvalue weighted by Crippen LogP contribution is 2.45. The lowest BCUT2D eigenvalue weighted by atomic mass is 9.98.